The van der Waals surface area contributed by atoms with E-state index in [-0.39, 0.29) is 0 Å². The summed E-state index contributed by atoms with van der Waals surface area (Å²) in [6.45, 7) is 6.73. The molecule has 0 saturated carbocycles. The Morgan fingerprint density at radius 1 is 1.33 bits per heavy atom. The van der Waals surface area contributed by atoms with E-state index >= 15 is 0 Å². The maximum absolute atomic E-state index is 3.41. The molecule has 1 rings (SSSR count). The highest BCUT2D eigenvalue weighted by Crippen LogP contribution is 2.23. The molecule has 0 aromatic heterocycles. The summed E-state index contributed by atoms with van der Waals surface area (Å²) in [4.78, 5) is 0. The van der Waals surface area contributed by atoms with Crippen molar-refractivity contribution in [2.24, 2.45) is 5.92 Å². The van der Waals surface area contributed by atoms with Gasteiger partial charge in [-0.1, -0.05) is 50.1 Å². The Morgan fingerprint density at radius 2 is 2.07 bits per heavy atom. The summed E-state index contributed by atoms with van der Waals surface area (Å²) in [5.74, 6) is 0.781. The Labute approximate surface area is 93.9 Å². The van der Waals surface area contributed by atoms with E-state index in [1.807, 2.05) is 0 Å². The van der Waals surface area contributed by atoms with Gasteiger partial charge in [0.2, 0.25) is 0 Å². The fourth-order valence-corrected chi connectivity index (χ4v) is 1.88. The van der Waals surface area contributed by atoms with E-state index in [0.717, 1.165) is 5.92 Å². The average Bonchev–Trinajstić information content (AvgIpc) is 2.25. The molecule has 0 aliphatic rings. The molecular weight excluding hydrogens is 182 g/mol. The van der Waals surface area contributed by atoms with E-state index in [0.29, 0.717) is 6.04 Å². The number of hydrogen-bond donors (Lipinski definition) is 1. The number of hydrogen-bond acceptors (Lipinski definition) is 1. The van der Waals surface area contributed by atoms with E-state index in [2.05, 4.69) is 57.4 Å². The monoisotopic (exact) mass is 205 g/mol. The molecule has 1 aromatic carbocycles. The fourth-order valence-electron chi connectivity index (χ4n) is 1.88. The van der Waals surface area contributed by atoms with E-state index in [9.17, 15) is 0 Å². The van der Waals surface area contributed by atoms with Crippen molar-refractivity contribution in [2.75, 3.05) is 7.05 Å². The van der Waals surface area contributed by atoms with E-state index in [1.54, 1.807) is 0 Å². The van der Waals surface area contributed by atoms with Crippen LogP contribution in [0.25, 0.3) is 0 Å². The summed E-state index contributed by atoms with van der Waals surface area (Å²) in [5.41, 5.74) is 2.76. The molecule has 0 aliphatic carbocycles. The SMILES string of the molecule is CCC(C)CC(NC)c1cccc(C)c1. The maximum Gasteiger partial charge on any atom is 0.0320 e. The second-order valence-electron chi connectivity index (χ2n) is 4.50. The van der Waals surface area contributed by atoms with E-state index < -0.39 is 0 Å². The number of nitrogens with one attached hydrogen (secondary N) is 1. The highest BCUT2D eigenvalue weighted by atomic mass is 14.9. The van der Waals surface area contributed by atoms with Crippen LogP contribution >= 0.6 is 0 Å². The minimum absolute atomic E-state index is 0.500. The summed E-state index contributed by atoms with van der Waals surface area (Å²) in [7, 11) is 2.05. The van der Waals surface area contributed by atoms with Gasteiger partial charge < -0.3 is 5.32 Å². The zero-order chi connectivity index (χ0) is 11.3. The van der Waals surface area contributed by atoms with Crippen LogP contribution in [0, 0.1) is 12.8 Å². The lowest BCUT2D eigenvalue weighted by Crippen LogP contribution is -2.18. The molecule has 0 bridgehead atoms. The Morgan fingerprint density at radius 3 is 2.60 bits per heavy atom. The first kappa shape index (κ1) is 12.3. The first-order valence-electron chi connectivity index (χ1n) is 5.91. The Kier molecular flexibility index (Phi) is 4.83. The van der Waals surface area contributed by atoms with Gasteiger partial charge in [0, 0.05) is 6.04 Å². The van der Waals surface area contributed by atoms with Crippen LogP contribution in [0.3, 0.4) is 0 Å². The molecule has 2 unspecified atom stereocenters. The van der Waals surface area contributed by atoms with Gasteiger partial charge in [-0.05, 0) is 31.9 Å². The molecule has 0 radical (unpaired) electrons. The molecule has 1 nitrogen and oxygen atoms in total. The summed E-state index contributed by atoms with van der Waals surface area (Å²) < 4.78 is 0. The normalized spacial score (nSPS) is 14.9. The van der Waals surface area contributed by atoms with Crippen molar-refractivity contribution in [3.63, 3.8) is 0 Å². The van der Waals surface area contributed by atoms with Gasteiger partial charge in [-0.25, -0.2) is 0 Å². The largest absolute Gasteiger partial charge is 0.313 e. The lowest BCUT2D eigenvalue weighted by atomic mass is 9.94. The Hall–Kier alpha value is -0.820. The zero-order valence-electron chi connectivity index (χ0n) is 10.4. The van der Waals surface area contributed by atoms with Crippen molar-refractivity contribution in [3.8, 4) is 0 Å². The highest BCUT2D eigenvalue weighted by Gasteiger charge is 2.12. The van der Waals surface area contributed by atoms with Crippen molar-refractivity contribution in [1.29, 1.82) is 0 Å². The maximum atomic E-state index is 3.41. The molecule has 2 atom stereocenters. The van der Waals surface area contributed by atoms with Crippen molar-refractivity contribution < 1.29 is 0 Å². The van der Waals surface area contributed by atoms with Crippen LogP contribution in [-0.4, -0.2) is 7.05 Å². The Balaban J connectivity index is 2.73. The van der Waals surface area contributed by atoms with Gasteiger partial charge in [0.1, 0.15) is 0 Å². The second-order valence-corrected chi connectivity index (χ2v) is 4.50. The highest BCUT2D eigenvalue weighted by molar-refractivity contribution is 5.25. The molecule has 0 fully saturated rings. The van der Waals surface area contributed by atoms with Crippen LogP contribution in [0.4, 0.5) is 0 Å². The molecule has 0 spiro atoms. The predicted molar refractivity (Wildman–Crippen MR) is 67.1 cm³/mol. The average molecular weight is 205 g/mol. The minimum atomic E-state index is 0.500. The van der Waals surface area contributed by atoms with Crippen LogP contribution in [-0.2, 0) is 0 Å². The molecule has 0 aliphatic heterocycles. The summed E-state index contributed by atoms with van der Waals surface area (Å²) in [6.07, 6.45) is 2.47. The predicted octanol–water partition coefficient (Wildman–Crippen LogP) is 3.69. The quantitative estimate of drug-likeness (QED) is 0.773. The van der Waals surface area contributed by atoms with Crippen molar-refractivity contribution in [2.45, 2.75) is 39.7 Å². The first-order valence-corrected chi connectivity index (χ1v) is 5.91. The third-order valence-electron chi connectivity index (χ3n) is 3.13. The van der Waals surface area contributed by atoms with Crippen LogP contribution in [0.5, 0.6) is 0 Å². The number of aryl methyl sites for hydroxylation is 1. The topological polar surface area (TPSA) is 12.0 Å². The van der Waals surface area contributed by atoms with Gasteiger partial charge in [-0.15, -0.1) is 0 Å². The van der Waals surface area contributed by atoms with Gasteiger partial charge in [0.15, 0.2) is 0 Å². The lowest BCUT2D eigenvalue weighted by molar-refractivity contribution is 0.422. The third-order valence-corrected chi connectivity index (χ3v) is 3.13. The van der Waals surface area contributed by atoms with E-state index in [1.165, 1.54) is 24.0 Å². The van der Waals surface area contributed by atoms with Crippen LogP contribution < -0.4 is 5.32 Å². The smallest absolute Gasteiger partial charge is 0.0320 e. The van der Waals surface area contributed by atoms with Crippen LogP contribution in [0.1, 0.15) is 43.9 Å². The minimum Gasteiger partial charge on any atom is -0.313 e. The standard InChI is InChI=1S/C14H23N/c1-5-11(2)10-14(15-4)13-8-6-7-12(3)9-13/h6-9,11,14-15H,5,10H2,1-4H3. The van der Waals surface area contributed by atoms with Gasteiger partial charge in [0.05, 0.1) is 0 Å². The van der Waals surface area contributed by atoms with Gasteiger partial charge in [0.25, 0.3) is 0 Å². The number of rotatable bonds is 5. The van der Waals surface area contributed by atoms with Crippen molar-refractivity contribution in [3.05, 3.63) is 35.4 Å². The van der Waals surface area contributed by atoms with Gasteiger partial charge in [-0.3, -0.25) is 0 Å². The lowest BCUT2D eigenvalue weighted by Gasteiger charge is -2.20. The molecule has 0 amide bonds. The van der Waals surface area contributed by atoms with Gasteiger partial charge >= 0.3 is 0 Å². The van der Waals surface area contributed by atoms with Crippen molar-refractivity contribution >= 4 is 0 Å². The van der Waals surface area contributed by atoms with E-state index in [4.69, 9.17) is 0 Å². The molecule has 1 heteroatoms. The molecule has 1 aromatic rings. The van der Waals surface area contributed by atoms with Gasteiger partial charge in [-0.2, -0.15) is 0 Å². The number of benzene rings is 1. The molecule has 0 saturated heterocycles. The Bertz CT molecular complexity index is 293. The third kappa shape index (κ3) is 3.67. The summed E-state index contributed by atoms with van der Waals surface area (Å²) in [5, 5.41) is 3.41. The summed E-state index contributed by atoms with van der Waals surface area (Å²) >= 11 is 0. The molecule has 15 heavy (non-hydrogen) atoms. The van der Waals surface area contributed by atoms with Crippen LogP contribution in [0.2, 0.25) is 0 Å². The first-order chi connectivity index (χ1) is 7.17. The summed E-state index contributed by atoms with van der Waals surface area (Å²) in [6, 6.07) is 9.30. The van der Waals surface area contributed by atoms with Crippen molar-refractivity contribution in [1.82, 2.24) is 5.32 Å². The zero-order valence-corrected chi connectivity index (χ0v) is 10.4. The van der Waals surface area contributed by atoms with Crippen LogP contribution in [0.15, 0.2) is 24.3 Å². The molecule has 0 heterocycles. The second kappa shape index (κ2) is 5.92. The molecule has 84 valence electrons. The fraction of sp³-hybridized carbons (Fsp3) is 0.571. The molecular formula is C14H23N. The molecule has 1 N–H and O–H groups in total.